The third-order valence-corrected chi connectivity index (χ3v) is 3.36. The molecule has 0 aromatic rings. The molecule has 1 N–H and O–H groups in total. The molecule has 3 aliphatic rings. The lowest BCUT2D eigenvalue weighted by atomic mass is 9.74. The minimum atomic E-state index is -0.312. The monoisotopic (exact) mass is 162 g/mol. The Hall–Kier alpha value is -0.890. The topological polar surface area (TPSA) is 37.3 Å². The molecule has 0 spiro atoms. The summed E-state index contributed by atoms with van der Waals surface area (Å²) in [6.45, 7) is 0. The van der Waals surface area contributed by atoms with Crippen molar-refractivity contribution in [3.63, 3.8) is 0 Å². The zero-order valence-electron chi connectivity index (χ0n) is 6.55. The van der Waals surface area contributed by atoms with Crippen LogP contribution in [-0.4, -0.2) is 17.0 Å². The summed E-state index contributed by atoms with van der Waals surface area (Å²) < 4.78 is 0. The van der Waals surface area contributed by atoms with E-state index in [1.54, 1.807) is 0 Å². The van der Waals surface area contributed by atoms with Crippen LogP contribution in [0.1, 0.15) is 0 Å². The number of hydrogen-bond acceptors (Lipinski definition) is 2. The second-order valence-electron chi connectivity index (χ2n) is 3.87. The summed E-state index contributed by atoms with van der Waals surface area (Å²) in [6.07, 6.45) is 7.62. The predicted molar refractivity (Wildman–Crippen MR) is 43.3 cm³/mol. The number of allylic oxidation sites excluding steroid dienone is 2. The number of aliphatic hydroxyl groups excluding tert-OH is 1. The van der Waals surface area contributed by atoms with Gasteiger partial charge in [0.2, 0.25) is 0 Å². The quantitative estimate of drug-likeness (QED) is 0.528. The molecule has 5 atom stereocenters. The van der Waals surface area contributed by atoms with Crippen LogP contribution in [0.25, 0.3) is 0 Å². The van der Waals surface area contributed by atoms with Crippen molar-refractivity contribution in [1.82, 2.24) is 0 Å². The summed E-state index contributed by atoms with van der Waals surface area (Å²) in [6, 6.07) is 0. The second-order valence-corrected chi connectivity index (χ2v) is 3.87. The van der Waals surface area contributed by atoms with E-state index in [4.69, 9.17) is 0 Å². The van der Waals surface area contributed by atoms with Crippen LogP contribution < -0.4 is 0 Å². The molecule has 62 valence electrons. The maximum atomic E-state index is 11.6. The second kappa shape index (κ2) is 1.88. The first-order valence-electron chi connectivity index (χ1n) is 4.37. The first-order valence-corrected chi connectivity index (χ1v) is 4.37. The fourth-order valence-corrected chi connectivity index (χ4v) is 2.69. The molecule has 1 saturated carbocycles. The van der Waals surface area contributed by atoms with Crippen molar-refractivity contribution in [3.8, 4) is 0 Å². The van der Waals surface area contributed by atoms with Crippen molar-refractivity contribution in [2.75, 3.05) is 0 Å². The Balaban J connectivity index is 2.13. The first-order chi connectivity index (χ1) is 5.79. The third kappa shape index (κ3) is 0.547. The SMILES string of the molecule is O=C1[C@H]2C=C[C@@H]1[C@H]1C=C[C@@H]2C1O. The van der Waals surface area contributed by atoms with Crippen molar-refractivity contribution in [1.29, 1.82) is 0 Å². The number of Topliss-reactive ketones (excluding diaryl/α,β-unsaturated/α-hetero) is 1. The van der Waals surface area contributed by atoms with Crippen molar-refractivity contribution >= 4 is 5.78 Å². The highest BCUT2D eigenvalue weighted by atomic mass is 16.3. The van der Waals surface area contributed by atoms with Gasteiger partial charge in [-0.1, -0.05) is 24.3 Å². The lowest BCUT2D eigenvalue weighted by Crippen LogP contribution is -2.41. The Kier molecular flexibility index (Phi) is 1.04. The Bertz CT molecular complexity index is 277. The molecular formula is C10H10O2. The maximum Gasteiger partial charge on any atom is 0.147 e. The predicted octanol–water partition coefficient (Wildman–Crippen LogP) is 0.534. The molecule has 0 radical (unpaired) electrons. The van der Waals surface area contributed by atoms with Crippen molar-refractivity contribution in [2.45, 2.75) is 6.10 Å². The summed E-state index contributed by atoms with van der Waals surface area (Å²) >= 11 is 0. The summed E-state index contributed by atoms with van der Waals surface area (Å²) in [4.78, 5) is 11.6. The Morgan fingerprint density at radius 2 is 1.50 bits per heavy atom. The van der Waals surface area contributed by atoms with Crippen LogP contribution in [0.2, 0.25) is 0 Å². The fraction of sp³-hybridized carbons (Fsp3) is 0.500. The molecule has 0 amide bonds. The van der Waals surface area contributed by atoms with Gasteiger partial charge < -0.3 is 5.11 Å². The Morgan fingerprint density at radius 1 is 1.00 bits per heavy atom. The van der Waals surface area contributed by atoms with E-state index in [1.165, 1.54) is 0 Å². The fourth-order valence-electron chi connectivity index (χ4n) is 2.69. The molecule has 1 fully saturated rings. The molecule has 3 aliphatic carbocycles. The molecule has 0 saturated heterocycles. The van der Waals surface area contributed by atoms with Gasteiger partial charge >= 0.3 is 0 Å². The van der Waals surface area contributed by atoms with Gasteiger partial charge in [-0.15, -0.1) is 0 Å². The van der Waals surface area contributed by atoms with Gasteiger partial charge in [-0.25, -0.2) is 0 Å². The Morgan fingerprint density at radius 3 is 2.00 bits per heavy atom. The number of carbonyl (C=O) groups is 1. The van der Waals surface area contributed by atoms with Gasteiger partial charge in [0.05, 0.1) is 6.10 Å². The van der Waals surface area contributed by atoms with Crippen molar-refractivity contribution < 1.29 is 9.90 Å². The molecule has 0 heterocycles. The number of ketones is 1. The van der Waals surface area contributed by atoms with Crippen LogP contribution in [-0.2, 0) is 4.79 Å². The summed E-state index contributed by atoms with van der Waals surface area (Å²) in [5, 5.41) is 9.75. The molecular weight excluding hydrogens is 152 g/mol. The van der Waals surface area contributed by atoms with E-state index in [0.29, 0.717) is 5.78 Å². The number of aliphatic hydroxyl groups is 1. The highest BCUT2D eigenvalue weighted by molar-refractivity contribution is 5.92. The highest BCUT2D eigenvalue weighted by Gasteiger charge is 2.51. The van der Waals surface area contributed by atoms with E-state index in [-0.39, 0.29) is 29.8 Å². The number of fused-ring (bicyclic) bond motifs is 6. The van der Waals surface area contributed by atoms with Gasteiger partial charge in [0, 0.05) is 23.7 Å². The van der Waals surface area contributed by atoms with Crippen LogP contribution in [0.5, 0.6) is 0 Å². The van der Waals surface area contributed by atoms with Gasteiger partial charge in [0.15, 0.2) is 0 Å². The maximum absolute atomic E-state index is 11.6. The van der Waals surface area contributed by atoms with Crippen molar-refractivity contribution in [3.05, 3.63) is 24.3 Å². The van der Waals surface area contributed by atoms with E-state index in [2.05, 4.69) is 0 Å². The zero-order chi connectivity index (χ0) is 8.29. The third-order valence-electron chi connectivity index (χ3n) is 3.36. The molecule has 1 unspecified atom stereocenters. The van der Waals surface area contributed by atoms with Gasteiger partial charge in [-0.05, 0) is 0 Å². The van der Waals surface area contributed by atoms with E-state index in [1.807, 2.05) is 24.3 Å². The molecule has 12 heavy (non-hydrogen) atoms. The molecule has 2 heteroatoms. The van der Waals surface area contributed by atoms with Gasteiger partial charge in [0.25, 0.3) is 0 Å². The smallest absolute Gasteiger partial charge is 0.147 e. The van der Waals surface area contributed by atoms with Crippen LogP contribution in [0.15, 0.2) is 24.3 Å². The van der Waals surface area contributed by atoms with E-state index < -0.39 is 0 Å². The number of hydrogen-bond donors (Lipinski definition) is 1. The summed E-state index contributed by atoms with van der Waals surface area (Å²) in [7, 11) is 0. The zero-order valence-corrected chi connectivity index (χ0v) is 6.55. The minimum Gasteiger partial charge on any atom is -0.392 e. The van der Waals surface area contributed by atoms with Crippen LogP contribution in [0.4, 0.5) is 0 Å². The average Bonchev–Trinajstić information content (AvgIpc) is 2.41. The normalized spacial score (nSPS) is 53.8. The van der Waals surface area contributed by atoms with Crippen LogP contribution in [0.3, 0.4) is 0 Å². The average molecular weight is 162 g/mol. The highest BCUT2D eigenvalue weighted by Crippen LogP contribution is 2.46. The van der Waals surface area contributed by atoms with Crippen LogP contribution in [0, 0.1) is 23.7 Å². The van der Waals surface area contributed by atoms with Gasteiger partial charge in [-0.3, -0.25) is 4.79 Å². The summed E-state index contributed by atoms with van der Waals surface area (Å²) in [5.74, 6) is 0.385. The van der Waals surface area contributed by atoms with Gasteiger partial charge in [0.1, 0.15) is 5.78 Å². The van der Waals surface area contributed by atoms with Crippen LogP contribution >= 0.6 is 0 Å². The van der Waals surface area contributed by atoms with E-state index >= 15 is 0 Å². The summed E-state index contributed by atoms with van der Waals surface area (Å²) in [5.41, 5.74) is 0. The lowest BCUT2D eigenvalue weighted by molar-refractivity contribution is -0.131. The number of carbonyl (C=O) groups excluding carboxylic acids is 1. The van der Waals surface area contributed by atoms with Gasteiger partial charge in [-0.2, -0.15) is 0 Å². The van der Waals surface area contributed by atoms with E-state index in [0.717, 1.165) is 0 Å². The standard InChI is InChI=1S/C10H10O2/c11-9-5-1-2-6(9)8-4-3-7(5)10(8)12/h1-9,11H/t5-,6+,7-,8+,9?. The lowest BCUT2D eigenvalue weighted by Gasteiger charge is -2.31. The molecule has 4 bridgehead atoms. The minimum absolute atomic E-state index is 0.0278. The molecule has 0 aromatic heterocycles. The Labute approximate surface area is 70.6 Å². The van der Waals surface area contributed by atoms with E-state index in [9.17, 15) is 9.90 Å². The van der Waals surface area contributed by atoms with Crippen molar-refractivity contribution in [2.24, 2.45) is 23.7 Å². The largest absolute Gasteiger partial charge is 0.392 e. The molecule has 0 aliphatic heterocycles. The molecule has 2 nitrogen and oxygen atoms in total. The molecule has 3 rings (SSSR count). The first kappa shape index (κ1) is 6.61. The molecule has 0 aromatic carbocycles. The number of rotatable bonds is 0.